The number of amides is 1. The summed E-state index contributed by atoms with van der Waals surface area (Å²) in [4.78, 5) is 34.4. The third-order valence-electron chi connectivity index (χ3n) is 3.77. The number of aromatic nitrogens is 2. The first-order valence-electron chi connectivity index (χ1n) is 8.67. The largest absolute Gasteiger partial charge is 0.462 e. The number of carbonyl (C=O) groups is 2. The monoisotopic (exact) mass is 356 g/mol. The Morgan fingerprint density at radius 3 is 2.69 bits per heavy atom. The van der Waals surface area contributed by atoms with Crippen LogP contribution in [0.2, 0.25) is 0 Å². The molecular formula is C19H24N4O3. The van der Waals surface area contributed by atoms with Crippen molar-refractivity contribution in [3.05, 3.63) is 47.9 Å². The summed E-state index contributed by atoms with van der Waals surface area (Å²) < 4.78 is 5.06. The fourth-order valence-electron chi connectivity index (χ4n) is 2.35. The molecule has 0 fully saturated rings. The molecule has 0 saturated carbocycles. The zero-order valence-corrected chi connectivity index (χ0v) is 15.4. The van der Waals surface area contributed by atoms with Gasteiger partial charge in [-0.2, -0.15) is 0 Å². The van der Waals surface area contributed by atoms with Crippen molar-refractivity contribution in [3.63, 3.8) is 0 Å². The molecule has 2 rings (SSSR count). The molecule has 0 aliphatic rings. The molecule has 0 aliphatic carbocycles. The van der Waals surface area contributed by atoms with Crippen molar-refractivity contribution < 1.29 is 14.3 Å². The fourth-order valence-corrected chi connectivity index (χ4v) is 2.35. The molecule has 2 aromatic rings. The maximum Gasteiger partial charge on any atom is 0.340 e. The Bertz CT molecular complexity index is 764. The summed E-state index contributed by atoms with van der Waals surface area (Å²) in [5.41, 5.74) is 1.26. The zero-order valence-electron chi connectivity index (χ0n) is 15.4. The first kappa shape index (κ1) is 19.4. The molecule has 7 nitrogen and oxygen atoms in total. The van der Waals surface area contributed by atoms with Crippen LogP contribution in [0.5, 0.6) is 0 Å². The highest BCUT2D eigenvalue weighted by Gasteiger charge is 2.15. The lowest BCUT2D eigenvalue weighted by Gasteiger charge is -2.16. The van der Waals surface area contributed by atoms with Crippen LogP contribution in [-0.4, -0.2) is 46.9 Å². The molecule has 1 heterocycles. The van der Waals surface area contributed by atoms with Gasteiger partial charge >= 0.3 is 5.97 Å². The first-order valence-corrected chi connectivity index (χ1v) is 8.67. The summed E-state index contributed by atoms with van der Waals surface area (Å²) in [7, 11) is 1.75. The number of hydrogen-bond donors (Lipinski definition) is 1. The average Bonchev–Trinajstić information content (AvgIpc) is 2.66. The van der Waals surface area contributed by atoms with E-state index in [4.69, 9.17) is 4.74 Å². The summed E-state index contributed by atoms with van der Waals surface area (Å²) >= 11 is 0. The second-order valence-corrected chi connectivity index (χ2v) is 5.76. The molecule has 0 unspecified atom stereocenters. The second-order valence-electron chi connectivity index (χ2n) is 5.76. The Morgan fingerprint density at radius 1 is 1.19 bits per heavy atom. The highest BCUT2D eigenvalue weighted by atomic mass is 16.5. The number of carbonyl (C=O) groups excluding carboxylic acids is 2. The van der Waals surface area contributed by atoms with Crippen molar-refractivity contribution >= 4 is 23.4 Å². The summed E-state index contributed by atoms with van der Waals surface area (Å²) in [6.07, 6.45) is 3.28. The Labute approximate surface area is 153 Å². The van der Waals surface area contributed by atoms with Gasteiger partial charge in [-0.15, -0.1) is 0 Å². The van der Waals surface area contributed by atoms with Gasteiger partial charge in [-0.1, -0.05) is 25.5 Å². The van der Waals surface area contributed by atoms with Crippen molar-refractivity contribution in [2.24, 2.45) is 0 Å². The topological polar surface area (TPSA) is 84.4 Å². The lowest BCUT2D eigenvalue weighted by molar-refractivity contribution is 0.0527. The number of esters is 1. The van der Waals surface area contributed by atoms with Crippen LogP contribution >= 0.6 is 0 Å². The van der Waals surface area contributed by atoms with E-state index >= 15 is 0 Å². The predicted octanol–water partition coefficient (Wildman–Crippen LogP) is 3.27. The van der Waals surface area contributed by atoms with Gasteiger partial charge in [-0.25, -0.2) is 14.8 Å². The molecule has 1 N–H and O–H groups in total. The maximum atomic E-state index is 12.4. The molecule has 1 aromatic carbocycles. The van der Waals surface area contributed by atoms with Gasteiger partial charge in [0.15, 0.2) is 0 Å². The molecule has 0 bridgehead atoms. The third-order valence-corrected chi connectivity index (χ3v) is 3.77. The Kier molecular flexibility index (Phi) is 7.08. The first-order chi connectivity index (χ1) is 12.6. The number of para-hydroxylation sites is 1. The van der Waals surface area contributed by atoms with Crippen LogP contribution in [0.3, 0.4) is 0 Å². The normalized spacial score (nSPS) is 10.3. The molecule has 1 amide bonds. The second kappa shape index (κ2) is 9.50. The average molecular weight is 356 g/mol. The van der Waals surface area contributed by atoms with E-state index in [1.165, 1.54) is 6.33 Å². The van der Waals surface area contributed by atoms with E-state index in [0.29, 0.717) is 35.9 Å². The van der Waals surface area contributed by atoms with Crippen LogP contribution < -0.4 is 5.32 Å². The quantitative estimate of drug-likeness (QED) is 0.731. The smallest absolute Gasteiger partial charge is 0.340 e. The van der Waals surface area contributed by atoms with E-state index < -0.39 is 5.97 Å². The summed E-state index contributed by atoms with van der Waals surface area (Å²) in [6.45, 7) is 4.80. The lowest BCUT2D eigenvalue weighted by Crippen LogP contribution is -2.28. The van der Waals surface area contributed by atoms with Gasteiger partial charge in [0.25, 0.3) is 5.91 Å². The molecule has 7 heteroatoms. The van der Waals surface area contributed by atoms with Crippen molar-refractivity contribution in [1.82, 2.24) is 14.9 Å². The van der Waals surface area contributed by atoms with E-state index in [1.807, 2.05) is 0 Å². The standard InChI is InChI=1S/C19H24N4O3/c1-4-6-11-23(3)18(24)16-12-17(21-13-20-16)22-15-10-8-7-9-14(15)19(25)26-5-2/h7-10,12-13H,4-6,11H2,1-3H3,(H,20,21,22). The van der Waals surface area contributed by atoms with Crippen LogP contribution in [0.15, 0.2) is 36.7 Å². The van der Waals surface area contributed by atoms with Crippen molar-refractivity contribution in [2.45, 2.75) is 26.7 Å². The molecule has 0 saturated heterocycles. The van der Waals surface area contributed by atoms with Gasteiger partial charge in [0.05, 0.1) is 17.9 Å². The van der Waals surface area contributed by atoms with E-state index in [1.54, 1.807) is 49.2 Å². The molecule has 0 atom stereocenters. The third kappa shape index (κ3) is 5.02. The van der Waals surface area contributed by atoms with Gasteiger partial charge in [-0.3, -0.25) is 4.79 Å². The molecule has 26 heavy (non-hydrogen) atoms. The summed E-state index contributed by atoms with van der Waals surface area (Å²) in [5, 5.41) is 3.07. The number of anilines is 2. The van der Waals surface area contributed by atoms with Gasteiger partial charge in [0, 0.05) is 19.7 Å². The van der Waals surface area contributed by atoms with Crippen LogP contribution in [0.4, 0.5) is 11.5 Å². The number of unbranched alkanes of at least 4 members (excludes halogenated alkanes) is 1. The number of rotatable bonds is 8. The van der Waals surface area contributed by atoms with E-state index in [0.717, 1.165) is 12.8 Å². The zero-order chi connectivity index (χ0) is 18.9. The van der Waals surface area contributed by atoms with E-state index in [9.17, 15) is 9.59 Å². The lowest BCUT2D eigenvalue weighted by atomic mass is 10.2. The number of ether oxygens (including phenoxy) is 1. The Morgan fingerprint density at radius 2 is 1.96 bits per heavy atom. The molecule has 0 radical (unpaired) electrons. The van der Waals surface area contributed by atoms with Crippen LogP contribution in [0, 0.1) is 0 Å². The number of hydrogen-bond acceptors (Lipinski definition) is 6. The van der Waals surface area contributed by atoms with Gasteiger partial charge in [0.2, 0.25) is 0 Å². The van der Waals surface area contributed by atoms with E-state index in [-0.39, 0.29) is 5.91 Å². The van der Waals surface area contributed by atoms with Crippen molar-refractivity contribution in [3.8, 4) is 0 Å². The minimum Gasteiger partial charge on any atom is -0.462 e. The van der Waals surface area contributed by atoms with Gasteiger partial charge < -0.3 is 15.0 Å². The summed E-state index contributed by atoms with van der Waals surface area (Å²) in [5.74, 6) is -0.146. The van der Waals surface area contributed by atoms with Crippen LogP contribution in [-0.2, 0) is 4.74 Å². The highest BCUT2D eigenvalue weighted by Crippen LogP contribution is 2.21. The Balaban J connectivity index is 2.19. The Hall–Kier alpha value is -2.96. The minimum atomic E-state index is -0.416. The van der Waals surface area contributed by atoms with Crippen LogP contribution in [0.25, 0.3) is 0 Å². The highest BCUT2D eigenvalue weighted by molar-refractivity contribution is 5.97. The van der Waals surface area contributed by atoms with Crippen molar-refractivity contribution in [1.29, 1.82) is 0 Å². The molecule has 138 valence electrons. The van der Waals surface area contributed by atoms with Crippen LogP contribution in [0.1, 0.15) is 47.5 Å². The predicted molar refractivity (Wildman–Crippen MR) is 99.6 cm³/mol. The number of benzene rings is 1. The minimum absolute atomic E-state index is 0.164. The van der Waals surface area contributed by atoms with Gasteiger partial charge in [0.1, 0.15) is 17.8 Å². The number of nitrogens with zero attached hydrogens (tertiary/aromatic N) is 3. The molecule has 0 aliphatic heterocycles. The fraction of sp³-hybridized carbons (Fsp3) is 0.368. The number of nitrogens with one attached hydrogen (secondary N) is 1. The molecular weight excluding hydrogens is 332 g/mol. The summed E-state index contributed by atoms with van der Waals surface area (Å²) in [6, 6.07) is 8.56. The molecule has 1 aromatic heterocycles. The van der Waals surface area contributed by atoms with E-state index in [2.05, 4.69) is 22.2 Å². The van der Waals surface area contributed by atoms with Gasteiger partial charge in [-0.05, 0) is 25.5 Å². The SMILES string of the molecule is CCCCN(C)C(=O)c1cc(Nc2ccccc2C(=O)OCC)ncn1. The van der Waals surface area contributed by atoms with Crippen molar-refractivity contribution in [2.75, 3.05) is 25.5 Å². The molecule has 0 spiro atoms. The maximum absolute atomic E-state index is 12.4.